The number of hydrogen-bond donors (Lipinski definition) is 1. The lowest BCUT2D eigenvalue weighted by Gasteiger charge is -2.05. The standard InChI is InChI=1S/C15H22N4O.2C2H6/c1-3-4-5-6-7-8-13(20)18-15-14-12(9-10-16-15)19(2)11-17-14;2*1-2/h9-11H,3-8H2,1-2H3,(H,16,18,20);2*1-2H3. The number of aromatic nitrogens is 3. The van der Waals surface area contributed by atoms with Crippen molar-refractivity contribution in [1.29, 1.82) is 0 Å². The van der Waals surface area contributed by atoms with Crippen LogP contribution in [0.3, 0.4) is 0 Å². The molecule has 0 unspecified atom stereocenters. The molecular formula is C19H34N4O. The van der Waals surface area contributed by atoms with E-state index in [1.807, 2.05) is 45.4 Å². The second-order valence-corrected chi connectivity index (χ2v) is 5.10. The first-order chi connectivity index (χ1) is 11.7. The van der Waals surface area contributed by atoms with Crippen molar-refractivity contribution >= 4 is 22.8 Å². The van der Waals surface area contributed by atoms with Crippen molar-refractivity contribution in [3.8, 4) is 0 Å². The zero-order chi connectivity index (χ0) is 18.4. The highest BCUT2D eigenvalue weighted by atomic mass is 16.1. The number of hydrogen-bond acceptors (Lipinski definition) is 3. The number of imidazole rings is 1. The molecule has 24 heavy (non-hydrogen) atoms. The Morgan fingerprint density at radius 3 is 2.42 bits per heavy atom. The fourth-order valence-corrected chi connectivity index (χ4v) is 2.24. The molecule has 0 fully saturated rings. The fourth-order valence-electron chi connectivity index (χ4n) is 2.24. The van der Waals surface area contributed by atoms with Crippen LogP contribution in [0, 0.1) is 0 Å². The van der Waals surface area contributed by atoms with Gasteiger partial charge < -0.3 is 9.88 Å². The predicted octanol–water partition coefficient (Wildman–Crippen LogP) is 5.32. The van der Waals surface area contributed by atoms with Crippen LogP contribution in [0.2, 0.25) is 0 Å². The largest absolute Gasteiger partial charge is 0.334 e. The Labute approximate surface area is 146 Å². The molecule has 2 aromatic rings. The van der Waals surface area contributed by atoms with E-state index in [0.29, 0.717) is 12.2 Å². The smallest absolute Gasteiger partial charge is 0.225 e. The van der Waals surface area contributed by atoms with Crippen molar-refractivity contribution < 1.29 is 4.79 Å². The molecule has 0 bridgehead atoms. The molecular weight excluding hydrogens is 300 g/mol. The average molecular weight is 335 g/mol. The summed E-state index contributed by atoms with van der Waals surface area (Å²) in [5.74, 6) is 0.578. The van der Waals surface area contributed by atoms with Gasteiger partial charge in [-0.1, -0.05) is 60.3 Å². The number of nitrogens with zero attached hydrogens (tertiary/aromatic N) is 3. The molecule has 2 heterocycles. The van der Waals surface area contributed by atoms with E-state index in [0.717, 1.165) is 23.9 Å². The minimum Gasteiger partial charge on any atom is -0.334 e. The van der Waals surface area contributed by atoms with Gasteiger partial charge in [0.25, 0.3) is 0 Å². The number of aryl methyl sites for hydroxylation is 1. The number of fused-ring (bicyclic) bond motifs is 1. The van der Waals surface area contributed by atoms with Crippen LogP contribution in [0.5, 0.6) is 0 Å². The molecule has 0 radical (unpaired) electrons. The van der Waals surface area contributed by atoms with Crippen LogP contribution in [-0.4, -0.2) is 20.4 Å². The van der Waals surface area contributed by atoms with Crippen LogP contribution in [0.1, 0.15) is 73.1 Å². The molecule has 0 aliphatic carbocycles. The molecule has 0 atom stereocenters. The van der Waals surface area contributed by atoms with Gasteiger partial charge in [-0.3, -0.25) is 4.79 Å². The Morgan fingerprint density at radius 2 is 1.75 bits per heavy atom. The highest BCUT2D eigenvalue weighted by molar-refractivity contribution is 5.97. The summed E-state index contributed by atoms with van der Waals surface area (Å²) in [6.07, 6.45) is 9.70. The van der Waals surface area contributed by atoms with Gasteiger partial charge in [-0.05, 0) is 12.5 Å². The molecule has 2 aromatic heterocycles. The fraction of sp³-hybridized carbons (Fsp3) is 0.632. The Balaban J connectivity index is 0.00000123. The number of nitrogens with one attached hydrogen (secondary N) is 1. The van der Waals surface area contributed by atoms with E-state index in [4.69, 9.17) is 0 Å². The summed E-state index contributed by atoms with van der Waals surface area (Å²) in [6.45, 7) is 10.2. The summed E-state index contributed by atoms with van der Waals surface area (Å²) < 4.78 is 1.91. The van der Waals surface area contributed by atoms with Crippen molar-refractivity contribution in [2.24, 2.45) is 7.05 Å². The first kappa shape index (κ1) is 22.1. The number of carbonyl (C=O) groups is 1. The van der Waals surface area contributed by atoms with E-state index in [-0.39, 0.29) is 5.91 Å². The highest BCUT2D eigenvalue weighted by Crippen LogP contribution is 2.18. The Bertz CT molecular complexity index is 578. The first-order valence-corrected chi connectivity index (χ1v) is 9.28. The third kappa shape index (κ3) is 7.11. The van der Waals surface area contributed by atoms with Gasteiger partial charge in [0.1, 0.15) is 5.52 Å². The van der Waals surface area contributed by atoms with Crippen molar-refractivity contribution in [2.75, 3.05) is 5.32 Å². The van der Waals surface area contributed by atoms with Crippen molar-refractivity contribution in [1.82, 2.24) is 14.5 Å². The monoisotopic (exact) mass is 334 g/mol. The summed E-state index contributed by atoms with van der Waals surface area (Å²) in [4.78, 5) is 20.4. The van der Waals surface area contributed by atoms with Crippen LogP contribution in [0.25, 0.3) is 11.0 Å². The zero-order valence-corrected chi connectivity index (χ0v) is 16.2. The lowest BCUT2D eigenvalue weighted by Crippen LogP contribution is -2.12. The number of carbonyl (C=O) groups excluding carboxylic acids is 1. The molecule has 0 spiro atoms. The quantitative estimate of drug-likeness (QED) is 0.697. The number of unbranched alkanes of at least 4 members (excludes halogenated alkanes) is 4. The topological polar surface area (TPSA) is 59.8 Å². The van der Waals surface area contributed by atoms with Crippen LogP contribution >= 0.6 is 0 Å². The highest BCUT2D eigenvalue weighted by Gasteiger charge is 2.09. The molecule has 0 aliphatic heterocycles. The third-order valence-electron chi connectivity index (χ3n) is 3.41. The van der Waals surface area contributed by atoms with E-state index in [1.165, 1.54) is 19.3 Å². The van der Waals surface area contributed by atoms with Crippen LogP contribution in [0.4, 0.5) is 5.82 Å². The van der Waals surface area contributed by atoms with Gasteiger partial charge in [-0.2, -0.15) is 0 Å². The summed E-state index contributed by atoms with van der Waals surface area (Å²) >= 11 is 0. The van der Waals surface area contributed by atoms with E-state index >= 15 is 0 Å². The molecule has 5 heteroatoms. The summed E-state index contributed by atoms with van der Waals surface area (Å²) in [5.41, 5.74) is 1.72. The number of pyridine rings is 1. The second-order valence-electron chi connectivity index (χ2n) is 5.10. The minimum absolute atomic E-state index is 0.0205. The molecule has 0 saturated carbocycles. The normalized spacial score (nSPS) is 9.58. The molecule has 136 valence electrons. The van der Waals surface area contributed by atoms with Gasteiger partial charge in [-0.25, -0.2) is 9.97 Å². The average Bonchev–Trinajstić information content (AvgIpc) is 3.01. The summed E-state index contributed by atoms with van der Waals surface area (Å²) in [5, 5.41) is 2.86. The third-order valence-corrected chi connectivity index (χ3v) is 3.41. The first-order valence-electron chi connectivity index (χ1n) is 9.28. The van der Waals surface area contributed by atoms with Crippen LogP contribution < -0.4 is 5.32 Å². The lowest BCUT2D eigenvalue weighted by atomic mass is 10.1. The molecule has 1 N–H and O–H groups in total. The maximum atomic E-state index is 11.9. The zero-order valence-electron chi connectivity index (χ0n) is 16.2. The predicted molar refractivity (Wildman–Crippen MR) is 103 cm³/mol. The van der Waals surface area contributed by atoms with E-state index in [1.54, 1.807) is 12.5 Å². The maximum Gasteiger partial charge on any atom is 0.225 e. The van der Waals surface area contributed by atoms with E-state index in [2.05, 4.69) is 22.2 Å². The van der Waals surface area contributed by atoms with Gasteiger partial charge in [-0.15, -0.1) is 0 Å². The van der Waals surface area contributed by atoms with Crippen molar-refractivity contribution in [3.63, 3.8) is 0 Å². The van der Waals surface area contributed by atoms with E-state index < -0.39 is 0 Å². The van der Waals surface area contributed by atoms with Gasteiger partial charge >= 0.3 is 0 Å². The summed E-state index contributed by atoms with van der Waals surface area (Å²) in [6, 6.07) is 1.89. The van der Waals surface area contributed by atoms with Crippen molar-refractivity contribution in [2.45, 2.75) is 73.1 Å². The molecule has 0 saturated heterocycles. The SMILES string of the molecule is CC.CC.CCCCCCCC(=O)Nc1nccc2c1ncn2C. The second kappa shape index (κ2) is 13.5. The molecule has 0 aromatic carbocycles. The van der Waals surface area contributed by atoms with Gasteiger partial charge in [0.05, 0.1) is 11.8 Å². The lowest BCUT2D eigenvalue weighted by molar-refractivity contribution is -0.116. The Hall–Kier alpha value is -1.91. The Morgan fingerprint density at radius 1 is 1.08 bits per heavy atom. The molecule has 0 aliphatic rings. The van der Waals surface area contributed by atoms with Gasteiger partial charge in [0.2, 0.25) is 5.91 Å². The van der Waals surface area contributed by atoms with Gasteiger partial charge in [0.15, 0.2) is 5.82 Å². The van der Waals surface area contributed by atoms with Crippen LogP contribution in [-0.2, 0) is 11.8 Å². The molecule has 1 amide bonds. The number of anilines is 1. The van der Waals surface area contributed by atoms with Crippen LogP contribution in [0.15, 0.2) is 18.6 Å². The number of amides is 1. The summed E-state index contributed by atoms with van der Waals surface area (Å²) in [7, 11) is 1.93. The minimum atomic E-state index is 0.0205. The molecule has 5 nitrogen and oxygen atoms in total. The maximum absolute atomic E-state index is 11.9. The Kier molecular flexibility index (Phi) is 12.4. The van der Waals surface area contributed by atoms with Crippen molar-refractivity contribution in [3.05, 3.63) is 18.6 Å². The number of rotatable bonds is 7. The van der Waals surface area contributed by atoms with E-state index in [9.17, 15) is 4.79 Å². The van der Waals surface area contributed by atoms with Gasteiger partial charge in [0, 0.05) is 19.7 Å². The molecule has 2 rings (SSSR count).